The van der Waals surface area contributed by atoms with E-state index in [0.717, 1.165) is 0 Å². The van der Waals surface area contributed by atoms with Crippen molar-refractivity contribution in [1.29, 1.82) is 0 Å². The predicted molar refractivity (Wildman–Crippen MR) is 57.8 cm³/mol. The summed E-state index contributed by atoms with van der Waals surface area (Å²) < 4.78 is 27.5. The Hall–Kier alpha value is -1.23. The molecule has 0 unspecified atom stereocenters. The molecule has 0 spiro atoms. The third kappa shape index (κ3) is 3.13. The molecule has 1 aromatic carbocycles. The van der Waals surface area contributed by atoms with Crippen LogP contribution in [-0.4, -0.2) is 26.4 Å². The van der Waals surface area contributed by atoms with Crippen molar-refractivity contribution < 1.29 is 18.3 Å². The van der Waals surface area contributed by atoms with Gasteiger partial charge in [-0.2, -0.15) is 0 Å². The van der Waals surface area contributed by atoms with Gasteiger partial charge in [0.05, 0.1) is 12.9 Å². The van der Waals surface area contributed by atoms with Gasteiger partial charge in [0.2, 0.25) is 0 Å². The molecule has 0 radical (unpaired) electrons. The Morgan fingerprint density at radius 3 is 2.53 bits per heavy atom. The van der Waals surface area contributed by atoms with Crippen molar-refractivity contribution in [1.82, 2.24) is 0 Å². The van der Waals surface area contributed by atoms with E-state index in [1.165, 1.54) is 13.2 Å². The first-order valence-electron chi connectivity index (χ1n) is 4.55. The molecular weight excluding hydrogens is 216 g/mol. The van der Waals surface area contributed by atoms with Gasteiger partial charge in [0.15, 0.2) is 21.3 Å². The number of hydrogen-bond acceptors (Lipinski definition) is 4. The minimum absolute atomic E-state index is 0.0405. The lowest BCUT2D eigenvalue weighted by molar-refractivity contribution is 0.373. The number of benzene rings is 1. The zero-order valence-electron chi connectivity index (χ0n) is 8.73. The highest BCUT2D eigenvalue weighted by Gasteiger charge is 2.10. The van der Waals surface area contributed by atoms with Crippen molar-refractivity contribution in [2.45, 2.75) is 12.7 Å². The normalized spacial score (nSPS) is 11.3. The first-order valence-corrected chi connectivity index (χ1v) is 6.37. The second-order valence-corrected chi connectivity index (χ2v) is 5.54. The van der Waals surface area contributed by atoms with Crippen LogP contribution >= 0.6 is 0 Å². The fourth-order valence-electron chi connectivity index (χ4n) is 1.18. The molecule has 0 atom stereocenters. The summed E-state index contributed by atoms with van der Waals surface area (Å²) in [7, 11) is -1.62. The Morgan fingerprint density at radius 1 is 1.40 bits per heavy atom. The maximum Gasteiger partial charge on any atom is 0.160 e. The van der Waals surface area contributed by atoms with E-state index >= 15 is 0 Å². The first-order chi connectivity index (χ1) is 6.98. The summed E-state index contributed by atoms with van der Waals surface area (Å²) in [5.74, 6) is 0.342. The highest BCUT2D eigenvalue weighted by molar-refractivity contribution is 7.90. The molecule has 84 valence electrons. The second-order valence-electron chi connectivity index (χ2n) is 3.18. The number of hydrogen-bond donors (Lipinski definition) is 1. The molecule has 0 heterocycles. The van der Waals surface area contributed by atoms with Crippen LogP contribution in [0, 0.1) is 0 Å². The van der Waals surface area contributed by atoms with Gasteiger partial charge in [0.25, 0.3) is 0 Å². The van der Waals surface area contributed by atoms with Gasteiger partial charge in [-0.25, -0.2) is 8.42 Å². The van der Waals surface area contributed by atoms with Crippen LogP contribution in [0.5, 0.6) is 11.5 Å². The second kappa shape index (κ2) is 4.53. The van der Waals surface area contributed by atoms with E-state index in [9.17, 15) is 13.5 Å². The largest absolute Gasteiger partial charge is 0.504 e. The number of phenolic OH excluding ortho intramolecular Hbond substituents is 1. The fourth-order valence-corrected chi connectivity index (χ4v) is 2.07. The smallest absolute Gasteiger partial charge is 0.160 e. The zero-order valence-corrected chi connectivity index (χ0v) is 9.54. The maximum atomic E-state index is 11.3. The van der Waals surface area contributed by atoms with Crippen LogP contribution in [-0.2, 0) is 15.6 Å². The molecule has 15 heavy (non-hydrogen) atoms. The van der Waals surface area contributed by atoms with E-state index in [4.69, 9.17) is 4.74 Å². The lowest BCUT2D eigenvalue weighted by atomic mass is 10.2. The molecule has 0 aliphatic rings. The highest BCUT2D eigenvalue weighted by Crippen LogP contribution is 2.26. The van der Waals surface area contributed by atoms with E-state index in [-0.39, 0.29) is 17.3 Å². The van der Waals surface area contributed by atoms with Crippen LogP contribution in [0.15, 0.2) is 18.2 Å². The monoisotopic (exact) mass is 230 g/mol. The molecule has 1 rings (SSSR count). The van der Waals surface area contributed by atoms with Gasteiger partial charge in [-0.15, -0.1) is 0 Å². The van der Waals surface area contributed by atoms with Crippen LogP contribution < -0.4 is 4.74 Å². The number of ether oxygens (including phenoxy) is 1. The molecule has 0 aliphatic heterocycles. The van der Waals surface area contributed by atoms with Gasteiger partial charge >= 0.3 is 0 Å². The summed E-state index contributed by atoms with van der Waals surface area (Å²) in [6.45, 7) is 1.60. The molecule has 0 aromatic heterocycles. The Kier molecular flexibility index (Phi) is 3.57. The third-order valence-corrected chi connectivity index (χ3v) is 3.72. The predicted octanol–water partition coefficient (Wildman–Crippen LogP) is 1.34. The summed E-state index contributed by atoms with van der Waals surface area (Å²) in [5, 5.41) is 9.44. The molecule has 0 amide bonds. The topological polar surface area (TPSA) is 63.6 Å². The van der Waals surface area contributed by atoms with Gasteiger partial charge in [-0.05, 0) is 17.7 Å². The lowest BCUT2D eigenvalue weighted by Gasteiger charge is -2.06. The Morgan fingerprint density at radius 2 is 2.07 bits per heavy atom. The van der Waals surface area contributed by atoms with Crippen LogP contribution in [0.25, 0.3) is 0 Å². The summed E-state index contributed by atoms with van der Waals surface area (Å²) in [6.07, 6.45) is 0. The average Bonchev–Trinajstić information content (AvgIpc) is 2.17. The highest BCUT2D eigenvalue weighted by atomic mass is 32.2. The van der Waals surface area contributed by atoms with Crippen molar-refractivity contribution in [3.8, 4) is 11.5 Å². The molecule has 5 heteroatoms. The SMILES string of the molecule is CCS(=O)(=O)Cc1ccc(OC)c(O)c1. The van der Waals surface area contributed by atoms with Crippen LogP contribution in [0.4, 0.5) is 0 Å². The summed E-state index contributed by atoms with van der Waals surface area (Å²) in [5.41, 5.74) is 0.565. The number of phenols is 1. The zero-order chi connectivity index (χ0) is 11.5. The quantitative estimate of drug-likeness (QED) is 0.847. The molecule has 1 aromatic rings. The fraction of sp³-hybridized carbons (Fsp3) is 0.400. The number of methoxy groups -OCH3 is 1. The van der Waals surface area contributed by atoms with Gasteiger partial charge in [0, 0.05) is 5.75 Å². The number of sulfone groups is 1. The minimum atomic E-state index is -3.06. The van der Waals surface area contributed by atoms with Crippen molar-refractivity contribution in [3.63, 3.8) is 0 Å². The molecular formula is C10H14O4S. The first kappa shape index (κ1) is 11.8. The van der Waals surface area contributed by atoms with Crippen molar-refractivity contribution in [3.05, 3.63) is 23.8 Å². The van der Waals surface area contributed by atoms with Gasteiger partial charge in [0.1, 0.15) is 0 Å². The number of aromatic hydroxyl groups is 1. The van der Waals surface area contributed by atoms with E-state index in [1.807, 2.05) is 0 Å². The number of rotatable bonds is 4. The van der Waals surface area contributed by atoms with Gasteiger partial charge in [-0.1, -0.05) is 13.0 Å². The molecule has 0 saturated heterocycles. The summed E-state index contributed by atoms with van der Waals surface area (Å²) in [6, 6.07) is 4.59. The van der Waals surface area contributed by atoms with Gasteiger partial charge in [-0.3, -0.25) is 0 Å². The van der Waals surface area contributed by atoms with Crippen molar-refractivity contribution in [2.24, 2.45) is 0 Å². The van der Waals surface area contributed by atoms with Crippen LogP contribution in [0.2, 0.25) is 0 Å². The molecule has 0 saturated carbocycles. The van der Waals surface area contributed by atoms with E-state index < -0.39 is 9.84 Å². The maximum absolute atomic E-state index is 11.3. The van der Waals surface area contributed by atoms with Gasteiger partial charge < -0.3 is 9.84 Å². The third-order valence-electron chi connectivity index (χ3n) is 2.07. The van der Waals surface area contributed by atoms with Crippen molar-refractivity contribution in [2.75, 3.05) is 12.9 Å². The summed E-state index contributed by atoms with van der Waals surface area (Å²) in [4.78, 5) is 0. The Labute approximate surface area is 89.4 Å². The Bertz CT molecular complexity index is 437. The minimum Gasteiger partial charge on any atom is -0.504 e. The lowest BCUT2D eigenvalue weighted by Crippen LogP contribution is -2.06. The Balaban J connectivity index is 2.94. The molecule has 0 bridgehead atoms. The van der Waals surface area contributed by atoms with E-state index in [1.54, 1.807) is 19.1 Å². The van der Waals surface area contributed by atoms with Crippen LogP contribution in [0.1, 0.15) is 12.5 Å². The van der Waals surface area contributed by atoms with Crippen molar-refractivity contribution >= 4 is 9.84 Å². The molecule has 1 N–H and O–H groups in total. The molecule has 0 aliphatic carbocycles. The van der Waals surface area contributed by atoms with E-state index in [2.05, 4.69) is 0 Å². The molecule has 4 nitrogen and oxygen atoms in total. The standard InChI is InChI=1S/C10H14O4S/c1-3-15(12,13)7-8-4-5-10(14-2)9(11)6-8/h4-6,11H,3,7H2,1-2H3. The molecule has 0 fully saturated rings. The average molecular weight is 230 g/mol. The van der Waals surface area contributed by atoms with E-state index in [0.29, 0.717) is 11.3 Å². The van der Waals surface area contributed by atoms with Crippen LogP contribution in [0.3, 0.4) is 0 Å². The summed E-state index contributed by atoms with van der Waals surface area (Å²) >= 11 is 0.